The van der Waals surface area contributed by atoms with Gasteiger partial charge in [0.25, 0.3) is 5.91 Å². The van der Waals surface area contributed by atoms with Gasteiger partial charge in [-0.1, -0.05) is 18.2 Å². The van der Waals surface area contributed by atoms with Crippen LogP contribution in [0.1, 0.15) is 26.7 Å². The second kappa shape index (κ2) is 8.43. The number of hydrogen-bond acceptors (Lipinski definition) is 5. The third-order valence-corrected chi connectivity index (χ3v) is 5.15. The van der Waals surface area contributed by atoms with Gasteiger partial charge in [-0.3, -0.25) is 9.59 Å². The largest absolute Gasteiger partial charge is 0.463 e. The molecule has 5 aromatic rings. The monoisotopic (exact) mass is 437 g/mol. The molecule has 3 aromatic heterocycles. The maximum absolute atomic E-state index is 13.2. The van der Waals surface area contributed by atoms with Crippen LogP contribution in [0.15, 0.2) is 95.9 Å². The minimum atomic E-state index is -0.340. The van der Waals surface area contributed by atoms with Gasteiger partial charge in [0.05, 0.1) is 12.0 Å². The minimum absolute atomic E-state index is 0.189. The van der Waals surface area contributed by atoms with Crippen LogP contribution >= 0.6 is 0 Å². The second-order valence-corrected chi connectivity index (χ2v) is 7.36. The summed E-state index contributed by atoms with van der Waals surface area (Å²) in [5, 5.41) is 7.44. The molecule has 0 radical (unpaired) electrons. The summed E-state index contributed by atoms with van der Waals surface area (Å²) in [6.45, 7) is 0. The maximum Gasteiger partial charge on any atom is 0.274 e. The van der Waals surface area contributed by atoms with Crippen LogP contribution in [-0.4, -0.2) is 31.0 Å². The Balaban J connectivity index is 1.42. The van der Waals surface area contributed by atoms with Crippen LogP contribution in [0.25, 0.3) is 17.1 Å². The smallest absolute Gasteiger partial charge is 0.274 e. The third-order valence-electron chi connectivity index (χ3n) is 5.15. The number of carbonyl (C=O) groups is 2. The number of ketones is 1. The summed E-state index contributed by atoms with van der Waals surface area (Å²) in [7, 11) is 1.77. The first-order chi connectivity index (χ1) is 16.1. The van der Waals surface area contributed by atoms with E-state index < -0.39 is 0 Å². The van der Waals surface area contributed by atoms with E-state index in [1.807, 2.05) is 30.3 Å². The molecule has 1 N–H and O–H groups in total. The fourth-order valence-corrected chi connectivity index (χ4v) is 3.47. The van der Waals surface area contributed by atoms with Gasteiger partial charge in [-0.05, 0) is 48.5 Å². The number of rotatable bonds is 6. The molecule has 162 valence electrons. The highest BCUT2D eigenvalue weighted by molar-refractivity contribution is 6.07. The fourth-order valence-electron chi connectivity index (χ4n) is 3.47. The number of nitrogens with zero attached hydrogens (tertiary/aromatic N) is 4. The molecule has 0 unspecified atom stereocenters. The van der Waals surface area contributed by atoms with Crippen molar-refractivity contribution in [2.45, 2.75) is 0 Å². The standard InChI is InChI=1S/C25H19N5O3/c1-29-14-13-26-24(29)23(31)17-9-11-18(12-10-17)27-25(32)21-16-20(22-8-5-15-33-22)28-30(21)19-6-3-2-4-7-19/h2-16H,1H3,(H,27,32). The molecule has 0 spiro atoms. The highest BCUT2D eigenvalue weighted by Gasteiger charge is 2.19. The van der Waals surface area contributed by atoms with E-state index >= 15 is 0 Å². The normalized spacial score (nSPS) is 10.8. The first-order valence-electron chi connectivity index (χ1n) is 10.2. The summed E-state index contributed by atoms with van der Waals surface area (Å²) in [6.07, 6.45) is 4.85. The predicted octanol–water partition coefficient (Wildman–Crippen LogP) is 4.35. The van der Waals surface area contributed by atoms with Crippen molar-refractivity contribution < 1.29 is 14.0 Å². The first-order valence-corrected chi connectivity index (χ1v) is 10.2. The van der Waals surface area contributed by atoms with E-state index in [1.54, 1.807) is 77.4 Å². The van der Waals surface area contributed by atoms with Gasteiger partial charge in [0.15, 0.2) is 11.6 Å². The van der Waals surface area contributed by atoms with Crippen molar-refractivity contribution in [1.82, 2.24) is 19.3 Å². The highest BCUT2D eigenvalue weighted by Crippen LogP contribution is 2.23. The van der Waals surface area contributed by atoms with Crippen molar-refractivity contribution in [1.29, 1.82) is 0 Å². The predicted molar refractivity (Wildman–Crippen MR) is 122 cm³/mol. The van der Waals surface area contributed by atoms with Crippen molar-refractivity contribution in [3.05, 3.63) is 109 Å². The maximum atomic E-state index is 13.2. The van der Waals surface area contributed by atoms with E-state index in [9.17, 15) is 9.59 Å². The average molecular weight is 437 g/mol. The lowest BCUT2D eigenvalue weighted by atomic mass is 10.1. The van der Waals surface area contributed by atoms with Crippen molar-refractivity contribution in [3.8, 4) is 17.1 Å². The van der Waals surface area contributed by atoms with E-state index in [4.69, 9.17) is 4.42 Å². The molecule has 0 atom stereocenters. The van der Waals surface area contributed by atoms with E-state index in [0.717, 1.165) is 5.69 Å². The average Bonchev–Trinajstić information content (AvgIpc) is 3.60. The lowest BCUT2D eigenvalue weighted by molar-refractivity contribution is 0.101. The first kappa shape index (κ1) is 20.2. The Kier molecular flexibility index (Phi) is 5.16. The number of aromatic nitrogens is 4. The fraction of sp³-hybridized carbons (Fsp3) is 0.0400. The summed E-state index contributed by atoms with van der Waals surface area (Å²) in [5.74, 6) is 0.387. The van der Waals surface area contributed by atoms with E-state index in [-0.39, 0.29) is 11.7 Å². The van der Waals surface area contributed by atoms with Gasteiger partial charge in [-0.15, -0.1) is 0 Å². The Labute approximate surface area is 189 Å². The molecule has 1 amide bonds. The summed E-state index contributed by atoms with van der Waals surface area (Å²) >= 11 is 0. The Hall–Kier alpha value is -4.72. The number of nitrogens with one attached hydrogen (secondary N) is 1. The van der Waals surface area contributed by atoms with Crippen LogP contribution in [0, 0.1) is 0 Å². The minimum Gasteiger partial charge on any atom is -0.463 e. The molecule has 0 aliphatic carbocycles. The highest BCUT2D eigenvalue weighted by atomic mass is 16.3. The Bertz CT molecular complexity index is 1410. The Morgan fingerprint density at radius 1 is 0.970 bits per heavy atom. The Morgan fingerprint density at radius 3 is 2.42 bits per heavy atom. The summed E-state index contributed by atoms with van der Waals surface area (Å²) < 4.78 is 8.69. The molecule has 0 aliphatic rings. The van der Waals surface area contributed by atoms with Crippen LogP contribution in [-0.2, 0) is 7.05 Å². The van der Waals surface area contributed by atoms with Gasteiger partial charge in [-0.25, -0.2) is 9.67 Å². The molecule has 0 aliphatic heterocycles. The van der Waals surface area contributed by atoms with E-state index in [2.05, 4.69) is 15.4 Å². The summed E-state index contributed by atoms with van der Waals surface area (Å²) in [5.41, 5.74) is 2.68. The van der Waals surface area contributed by atoms with Crippen molar-refractivity contribution in [2.24, 2.45) is 7.05 Å². The molecule has 3 heterocycles. The molecule has 0 saturated carbocycles. The number of imidazole rings is 1. The number of anilines is 1. The molecule has 0 bridgehead atoms. The van der Waals surface area contributed by atoms with Gasteiger partial charge in [0.1, 0.15) is 11.4 Å². The zero-order valence-electron chi connectivity index (χ0n) is 17.7. The number of para-hydroxylation sites is 1. The van der Waals surface area contributed by atoms with Gasteiger partial charge in [0.2, 0.25) is 5.78 Å². The van der Waals surface area contributed by atoms with Crippen molar-refractivity contribution in [2.75, 3.05) is 5.32 Å². The molecule has 8 nitrogen and oxygen atoms in total. The zero-order chi connectivity index (χ0) is 22.8. The number of hydrogen-bond donors (Lipinski definition) is 1. The van der Waals surface area contributed by atoms with Crippen molar-refractivity contribution >= 4 is 17.4 Å². The van der Waals surface area contributed by atoms with Gasteiger partial charge in [-0.2, -0.15) is 5.10 Å². The summed E-state index contributed by atoms with van der Waals surface area (Å²) in [4.78, 5) is 29.9. The molecular weight excluding hydrogens is 418 g/mol. The Morgan fingerprint density at radius 2 is 1.76 bits per heavy atom. The van der Waals surface area contributed by atoms with Crippen LogP contribution in [0.4, 0.5) is 5.69 Å². The van der Waals surface area contributed by atoms with E-state index in [0.29, 0.717) is 34.2 Å². The molecule has 33 heavy (non-hydrogen) atoms. The molecule has 8 heteroatoms. The number of aryl methyl sites for hydroxylation is 1. The number of furan rings is 1. The van der Waals surface area contributed by atoms with Crippen LogP contribution < -0.4 is 5.32 Å². The second-order valence-electron chi connectivity index (χ2n) is 7.36. The zero-order valence-corrected chi connectivity index (χ0v) is 17.7. The lowest BCUT2D eigenvalue weighted by Crippen LogP contribution is -2.17. The molecule has 0 fully saturated rings. The van der Waals surface area contributed by atoms with E-state index in [1.165, 1.54) is 0 Å². The lowest BCUT2D eigenvalue weighted by Gasteiger charge is -2.09. The number of benzene rings is 2. The van der Waals surface area contributed by atoms with Crippen LogP contribution in [0.5, 0.6) is 0 Å². The quantitative estimate of drug-likeness (QED) is 0.399. The molecule has 2 aromatic carbocycles. The SMILES string of the molecule is Cn1ccnc1C(=O)c1ccc(NC(=O)c2cc(-c3ccco3)nn2-c2ccccc2)cc1. The topological polar surface area (TPSA) is 94.9 Å². The molecular formula is C25H19N5O3. The molecule has 0 saturated heterocycles. The summed E-state index contributed by atoms with van der Waals surface area (Å²) in [6, 6.07) is 21.3. The van der Waals surface area contributed by atoms with Gasteiger partial charge < -0.3 is 14.3 Å². The van der Waals surface area contributed by atoms with Crippen molar-refractivity contribution in [3.63, 3.8) is 0 Å². The van der Waals surface area contributed by atoms with Gasteiger partial charge >= 0.3 is 0 Å². The van der Waals surface area contributed by atoms with Crippen LogP contribution in [0.2, 0.25) is 0 Å². The molecule has 5 rings (SSSR count). The van der Waals surface area contributed by atoms with Gasteiger partial charge in [0, 0.05) is 36.8 Å². The van der Waals surface area contributed by atoms with Crippen LogP contribution in [0.3, 0.4) is 0 Å². The number of amides is 1. The third kappa shape index (κ3) is 3.97. The number of carbonyl (C=O) groups excluding carboxylic acids is 2.